The lowest BCUT2D eigenvalue weighted by atomic mass is 10.0. The van der Waals surface area contributed by atoms with E-state index in [4.69, 9.17) is 5.73 Å². The van der Waals surface area contributed by atoms with E-state index in [1.54, 1.807) is 11.3 Å². The first-order chi connectivity index (χ1) is 8.32. The van der Waals surface area contributed by atoms with E-state index < -0.39 is 0 Å². The molecule has 3 nitrogen and oxygen atoms in total. The Morgan fingerprint density at radius 3 is 2.33 bits per heavy atom. The maximum Gasteiger partial charge on any atom is 0.227 e. The van der Waals surface area contributed by atoms with Crippen LogP contribution < -0.4 is 5.73 Å². The second-order valence-electron chi connectivity index (χ2n) is 5.22. The normalized spacial score (nSPS) is 14.6. The zero-order valence-electron chi connectivity index (χ0n) is 11.9. The Labute approximate surface area is 114 Å². The molecule has 2 N–H and O–H groups in total. The van der Waals surface area contributed by atoms with Gasteiger partial charge in [-0.25, -0.2) is 0 Å². The number of amides is 1. The molecule has 0 aliphatic carbocycles. The lowest BCUT2D eigenvalue weighted by Gasteiger charge is -2.30. The number of carbonyl (C=O) groups is 1. The molecule has 0 bridgehead atoms. The quantitative estimate of drug-likeness (QED) is 0.892. The summed E-state index contributed by atoms with van der Waals surface area (Å²) in [6.07, 6.45) is 0. The Balaban J connectivity index is 2.80. The Morgan fingerprint density at radius 2 is 1.94 bits per heavy atom. The number of thiophene rings is 1. The van der Waals surface area contributed by atoms with E-state index in [0.717, 1.165) is 0 Å². The molecule has 0 radical (unpaired) electrons. The highest BCUT2D eigenvalue weighted by atomic mass is 32.1. The standard InChI is InChI=1S/C14H24N2OS/c1-9(2)16(14(17)11(4)12(5)15)8-13-7-6-10(3)18-13/h6-7,9,11-12H,8,15H2,1-5H3. The minimum absolute atomic E-state index is 0.108. The van der Waals surface area contributed by atoms with Crippen molar-refractivity contribution < 1.29 is 4.79 Å². The summed E-state index contributed by atoms with van der Waals surface area (Å²) in [6.45, 7) is 10.7. The fourth-order valence-electron chi connectivity index (χ4n) is 1.74. The van der Waals surface area contributed by atoms with Gasteiger partial charge < -0.3 is 10.6 Å². The van der Waals surface area contributed by atoms with Gasteiger partial charge in [0.25, 0.3) is 0 Å². The van der Waals surface area contributed by atoms with Crippen LogP contribution >= 0.6 is 11.3 Å². The molecule has 1 aromatic rings. The molecule has 0 aliphatic heterocycles. The van der Waals surface area contributed by atoms with Gasteiger partial charge in [-0.2, -0.15) is 0 Å². The molecule has 0 saturated carbocycles. The van der Waals surface area contributed by atoms with Crippen LogP contribution in [0.4, 0.5) is 0 Å². The highest BCUT2D eigenvalue weighted by Crippen LogP contribution is 2.20. The van der Waals surface area contributed by atoms with E-state index in [1.807, 2.05) is 32.6 Å². The Hall–Kier alpha value is -0.870. The van der Waals surface area contributed by atoms with Crippen molar-refractivity contribution in [2.75, 3.05) is 0 Å². The van der Waals surface area contributed by atoms with E-state index in [0.29, 0.717) is 6.54 Å². The average molecular weight is 268 g/mol. The van der Waals surface area contributed by atoms with Crippen LogP contribution in [0.1, 0.15) is 37.4 Å². The number of hydrogen-bond acceptors (Lipinski definition) is 3. The second-order valence-corrected chi connectivity index (χ2v) is 6.59. The van der Waals surface area contributed by atoms with E-state index in [2.05, 4.69) is 19.1 Å². The van der Waals surface area contributed by atoms with Crippen molar-refractivity contribution in [3.63, 3.8) is 0 Å². The molecule has 4 heteroatoms. The second kappa shape index (κ2) is 6.34. The third-order valence-corrected chi connectivity index (χ3v) is 4.19. The van der Waals surface area contributed by atoms with Crippen molar-refractivity contribution in [1.29, 1.82) is 0 Å². The Morgan fingerprint density at radius 1 is 1.33 bits per heavy atom. The van der Waals surface area contributed by atoms with Gasteiger partial charge in [-0.3, -0.25) is 4.79 Å². The van der Waals surface area contributed by atoms with E-state index in [-0.39, 0.29) is 23.9 Å². The minimum Gasteiger partial charge on any atom is -0.335 e. The van der Waals surface area contributed by atoms with Crippen LogP contribution in [0.25, 0.3) is 0 Å². The topological polar surface area (TPSA) is 46.3 Å². The van der Waals surface area contributed by atoms with Crippen molar-refractivity contribution in [3.05, 3.63) is 21.9 Å². The van der Waals surface area contributed by atoms with Crippen molar-refractivity contribution in [2.45, 2.75) is 53.2 Å². The van der Waals surface area contributed by atoms with Crippen LogP contribution in [0.15, 0.2) is 12.1 Å². The fraction of sp³-hybridized carbons (Fsp3) is 0.643. The SMILES string of the molecule is Cc1ccc(CN(C(=O)C(C)C(C)N)C(C)C)s1. The number of aryl methyl sites for hydroxylation is 1. The zero-order valence-corrected chi connectivity index (χ0v) is 12.8. The van der Waals surface area contributed by atoms with E-state index >= 15 is 0 Å². The number of nitrogens with zero attached hydrogens (tertiary/aromatic N) is 1. The molecule has 1 heterocycles. The molecule has 1 amide bonds. The molecule has 1 aromatic heterocycles. The van der Waals surface area contributed by atoms with E-state index in [9.17, 15) is 4.79 Å². The fourth-order valence-corrected chi connectivity index (χ4v) is 2.63. The molecule has 0 fully saturated rings. The van der Waals surface area contributed by atoms with Gasteiger partial charge in [-0.15, -0.1) is 11.3 Å². The summed E-state index contributed by atoms with van der Waals surface area (Å²) < 4.78 is 0. The average Bonchev–Trinajstić information content (AvgIpc) is 2.69. The molecular weight excluding hydrogens is 244 g/mol. The lowest BCUT2D eigenvalue weighted by molar-refractivity contribution is -0.137. The lowest BCUT2D eigenvalue weighted by Crippen LogP contribution is -2.44. The Kier molecular flexibility index (Phi) is 5.35. The van der Waals surface area contributed by atoms with Gasteiger partial charge in [-0.05, 0) is 39.8 Å². The monoisotopic (exact) mass is 268 g/mol. The number of rotatable bonds is 5. The molecular formula is C14H24N2OS. The van der Waals surface area contributed by atoms with Crippen LogP contribution in [0.5, 0.6) is 0 Å². The highest BCUT2D eigenvalue weighted by Gasteiger charge is 2.25. The zero-order chi connectivity index (χ0) is 13.9. The molecule has 1 rings (SSSR count). The summed E-state index contributed by atoms with van der Waals surface area (Å²) in [7, 11) is 0. The number of nitrogens with two attached hydrogens (primary N) is 1. The van der Waals surface area contributed by atoms with Gasteiger partial charge in [-0.1, -0.05) is 6.92 Å². The molecule has 102 valence electrons. The smallest absolute Gasteiger partial charge is 0.227 e. The molecule has 0 aromatic carbocycles. The maximum absolute atomic E-state index is 12.4. The summed E-state index contributed by atoms with van der Waals surface area (Å²) in [6, 6.07) is 4.28. The minimum atomic E-state index is -0.131. The predicted octanol–water partition coefficient (Wildman–Crippen LogP) is 2.78. The summed E-state index contributed by atoms with van der Waals surface area (Å²) >= 11 is 1.75. The molecule has 0 spiro atoms. The molecule has 2 atom stereocenters. The largest absolute Gasteiger partial charge is 0.335 e. The van der Waals surface area contributed by atoms with Crippen molar-refractivity contribution in [1.82, 2.24) is 4.90 Å². The first-order valence-corrected chi connectivity index (χ1v) is 7.26. The Bertz CT molecular complexity index is 398. The van der Waals surface area contributed by atoms with E-state index in [1.165, 1.54) is 9.75 Å². The third-order valence-electron chi connectivity index (χ3n) is 3.21. The van der Waals surface area contributed by atoms with Crippen LogP contribution in [-0.4, -0.2) is 22.9 Å². The van der Waals surface area contributed by atoms with Gasteiger partial charge in [0.1, 0.15) is 0 Å². The van der Waals surface area contributed by atoms with Crippen molar-refractivity contribution >= 4 is 17.2 Å². The first-order valence-electron chi connectivity index (χ1n) is 6.44. The van der Waals surface area contributed by atoms with Crippen molar-refractivity contribution in [2.24, 2.45) is 11.7 Å². The number of carbonyl (C=O) groups excluding carboxylic acids is 1. The van der Waals surface area contributed by atoms with Crippen LogP contribution in [0, 0.1) is 12.8 Å². The summed E-state index contributed by atoms with van der Waals surface area (Å²) in [4.78, 5) is 16.8. The van der Waals surface area contributed by atoms with Gasteiger partial charge >= 0.3 is 0 Å². The summed E-state index contributed by atoms with van der Waals surface area (Å²) in [5.74, 6) is 0.0134. The third kappa shape index (κ3) is 3.82. The molecule has 0 saturated heterocycles. The summed E-state index contributed by atoms with van der Waals surface area (Å²) in [5, 5.41) is 0. The first kappa shape index (κ1) is 15.2. The number of hydrogen-bond donors (Lipinski definition) is 1. The van der Waals surface area contributed by atoms with Gasteiger partial charge in [0.05, 0.1) is 12.5 Å². The van der Waals surface area contributed by atoms with Crippen LogP contribution in [0.2, 0.25) is 0 Å². The molecule has 18 heavy (non-hydrogen) atoms. The molecule has 0 aliphatic rings. The summed E-state index contributed by atoms with van der Waals surface area (Å²) in [5.41, 5.74) is 5.83. The van der Waals surface area contributed by atoms with Gasteiger partial charge in [0.15, 0.2) is 0 Å². The van der Waals surface area contributed by atoms with Crippen molar-refractivity contribution in [3.8, 4) is 0 Å². The van der Waals surface area contributed by atoms with Crippen LogP contribution in [-0.2, 0) is 11.3 Å². The molecule has 2 unspecified atom stereocenters. The van der Waals surface area contributed by atoms with Gasteiger partial charge in [0, 0.05) is 21.8 Å². The maximum atomic E-state index is 12.4. The van der Waals surface area contributed by atoms with Crippen LogP contribution in [0.3, 0.4) is 0 Å². The highest BCUT2D eigenvalue weighted by molar-refractivity contribution is 7.11. The van der Waals surface area contributed by atoms with Gasteiger partial charge in [0.2, 0.25) is 5.91 Å². The predicted molar refractivity (Wildman–Crippen MR) is 77.6 cm³/mol.